The maximum absolute atomic E-state index is 12.4. The van der Waals surface area contributed by atoms with E-state index in [1.54, 1.807) is 20.9 Å². The second-order valence-corrected chi connectivity index (χ2v) is 11.6. The molecule has 1 aromatic carbocycles. The Kier molecular flexibility index (Phi) is 5.61. The molecule has 3 aliphatic rings. The van der Waals surface area contributed by atoms with Crippen LogP contribution < -0.4 is 14.8 Å². The van der Waals surface area contributed by atoms with Gasteiger partial charge >= 0.3 is 0 Å². The summed E-state index contributed by atoms with van der Waals surface area (Å²) >= 11 is 0. The molecule has 0 atom stereocenters. The highest BCUT2D eigenvalue weighted by Crippen LogP contribution is 2.40. The predicted molar refractivity (Wildman–Crippen MR) is 115 cm³/mol. The van der Waals surface area contributed by atoms with Crippen molar-refractivity contribution < 1.29 is 22.6 Å². The Balaban J connectivity index is 1.53. The van der Waals surface area contributed by atoms with Crippen LogP contribution in [0.4, 0.5) is 0 Å². The fourth-order valence-corrected chi connectivity index (χ4v) is 5.83. The van der Waals surface area contributed by atoms with Gasteiger partial charge < -0.3 is 24.4 Å². The molecule has 0 saturated carbocycles. The summed E-state index contributed by atoms with van der Waals surface area (Å²) < 4.78 is 40.7. The topological polar surface area (TPSA) is 89.5 Å². The van der Waals surface area contributed by atoms with Gasteiger partial charge in [0.2, 0.25) is 6.79 Å². The zero-order valence-corrected chi connectivity index (χ0v) is 18.8. The minimum absolute atomic E-state index is 0.119. The lowest BCUT2D eigenvalue weighted by Gasteiger charge is -2.42. The number of guanidine groups is 1. The SMILES string of the molecule is CN=C(NCC1(c2ccc3c(c2)OCO3)CCOCC1)N1CCS(=O)(=O)C(C)(C)C1. The molecule has 9 heteroatoms. The fraction of sp³-hybridized carbons (Fsp3) is 0.667. The van der Waals surface area contributed by atoms with Gasteiger partial charge in [0, 0.05) is 45.3 Å². The van der Waals surface area contributed by atoms with Gasteiger partial charge in [0.1, 0.15) is 0 Å². The van der Waals surface area contributed by atoms with Gasteiger partial charge in [-0.1, -0.05) is 6.07 Å². The van der Waals surface area contributed by atoms with E-state index in [9.17, 15) is 8.42 Å². The molecule has 0 unspecified atom stereocenters. The lowest BCUT2D eigenvalue weighted by atomic mass is 9.74. The van der Waals surface area contributed by atoms with E-state index in [1.807, 2.05) is 11.0 Å². The van der Waals surface area contributed by atoms with Crippen molar-refractivity contribution in [3.63, 3.8) is 0 Å². The molecule has 2 saturated heterocycles. The minimum Gasteiger partial charge on any atom is -0.454 e. The molecular formula is C21H31N3O5S. The monoisotopic (exact) mass is 437 g/mol. The first kappa shape index (κ1) is 21.2. The first-order chi connectivity index (χ1) is 14.3. The number of ether oxygens (including phenoxy) is 3. The van der Waals surface area contributed by atoms with Crippen molar-refractivity contribution in [2.45, 2.75) is 36.9 Å². The molecule has 0 amide bonds. The quantitative estimate of drug-likeness (QED) is 0.567. The maximum atomic E-state index is 12.4. The van der Waals surface area contributed by atoms with Crippen LogP contribution in [0.1, 0.15) is 32.3 Å². The number of aliphatic imine (C=N–C) groups is 1. The zero-order valence-electron chi connectivity index (χ0n) is 17.9. The third-order valence-electron chi connectivity index (χ3n) is 6.57. The molecule has 0 spiro atoms. The lowest BCUT2D eigenvalue weighted by Crippen LogP contribution is -2.58. The summed E-state index contributed by atoms with van der Waals surface area (Å²) in [5, 5.41) is 3.53. The molecule has 3 heterocycles. The van der Waals surface area contributed by atoms with E-state index in [1.165, 1.54) is 5.56 Å². The lowest BCUT2D eigenvalue weighted by molar-refractivity contribution is 0.0511. The van der Waals surface area contributed by atoms with E-state index in [-0.39, 0.29) is 18.0 Å². The number of fused-ring (bicyclic) bond motifs is 1. The standard InChI is InChI=1S/C21H31N3O5S/c1-20(2)14-24(8-11-30(20,25)26)19(22-3)23-13-21(6-9-27-10-7-21)16-4-5-17-18(12-16)29-15-28-17/h4-5,12H,6-11,13-15H2,1-3H3,(H,22,23). The van der Waals surface area contributed by atoms with Gasteiger partial charge in [0.05, 0.1) is 10.5 Å². The maximum Gasteiger partial charge on any atom is 0.231 e. The average molecular weight is 438 g/mol. The number of nitrogens with one attached hydrogen (secondary N) is 1. The normalized spacial score (nSPS) is 24.5. The molecule has 8 nitrogen and oxygen atoms in total. The number of nitrogens with zero attached hydrogens (tertiary/aromatic N) is 2. The molecular weight excluding hydrogens is 406 g/mol. The fourth-order valence-electron chi connectivity index (χ4n) is 4.46. The Morgan fingerprint density at radius 1 is 1.20 bits per heavy atom. The smallest absolute Gasteiger partial charge is 0.231 e. The van der Waals surface area contributed by atoms with Gasteiger partial charge in [-0.05, 0) is 44.4 Å². The van der Waals surface area contributed by atoms with E-state index < -0.39 is 14.6 Å². The van der Waals surface area contributed by atoms with E-state index >= 15 is 0 Å². The Bertz CT molecular complexity index is 923. The van der Waals surface area contributed by atoms with Gasteiger partial charge in [-0.2, -0.15) is 0 Å². The molecule has 0 radical (unpaired) electrons. The molecule has 0 aliphatic carbocycles. The summed E-state index contributed by atoms with van der Waals surface area (Å²) in [5.41, 5.74) is 1.08. The molecule has 30 heavy (non-hydrogen) atoms. The Morgan fingerprint density at radius 2 is 1.93 bits per heavy atom. The number of sulfone groups is 1. The third-order valence-corrected chi connectivity index (χ3v) is 9.11. The van der Waals surface area contributed by atoms with Crippen LogP contribution >= 0.6 is 0 Å². The highest BCUT2D eigenvalue weighted by molar-refractivity contribution is 7.92. The zero-order chi connectivity index (χ0) is 21.4. The molecule has 0 bridgehead atoms. The summed E-state index contributed by atoms with van der Waals surface area (Å²) in [6.45, 7) is 6.79. The summed E-state index contributed by atoms with van der Waals surface area (Å²) in [4.78, 5) is 6.50. The number of hydrogen-bond acceptors (Lipinski definition) is 6. The number of hydrogen-bond donors (Lipinski definition) is 1. The van der Waals surface area contributed by atoms with Gasteiger partial charge in [-0.3, -0.25) is 4.99 Å². The van der Waals surface area contributed by atoms with Gasteiger partial charge in [-0.15, -0.1) is 0 Å². The van der Waals surface area contributed by atoms with Crippen molar-refractivity contribution >= 4 is 15.8 Å². The largest absolute Gasteiger partial charge is 0.454 e. The first-order valence-corrected chi connectivity index (χ1v) is 12.1. The highest BCUT2D eigenvalue weighted by Gasteiger charge is 2.42. The van der Waals surface area contributed by atoms with E-state index in [0.29, 0.717) is 32.8 Å². The van der Waals surface area contributed by atoms with E-state index in [2.05, 4.69) is 22.4 Å². The highest BCUT2D eigenvalue weighted by atomic mass is 32.2. The summed E-state index contributed by atoms with van der Waals surface area (Å²) in [7, 11) is -1.35. The minimum atomic E-state index is -3.10. The molecule has 2 fully saturated rings. The van der Waals surface area contributed by atoms with Crippen LogP contribution in [0.2, 0.25) is 0 Å². The molecule has 1 aromatic rings. The van der Waals surface area contributed by atoms with Crippen molar-refractivity contribution in [1.82, 2.24) is 10.2 Å². The average Bonchev–Trinajstić information content (AvgIpc) is 3.19. The Hall–Kier alpha value is -2.00. The van der Waals surface area contributed by atoms with Gasteiger partial charge in [-0.25, -0.2) is 8.42 Å². The Labute approximate surface area is 178 Å². The predicted octanol–water partition coefficient (Wildman–Crippen LogP) is 1.55. The van der Waals surface area contributed by atoms with Crippen LogP contribution in [0.3, 0.4) is 0 Å². The second-order valence-electron chi connectivity index (χ2n) is 8.86. The van der Waals surface area contributed by atoms with Gasteiger partial charge in [0.15, 0.2) is 27.3 Å². The van der Waals surface area contributed by atoms with Crippen LogP contribution in [0.15, 0.2) is 23.2 Å². The third kappa shape index (κ3) is 3.85. The van der Waals surface area contributed by atoms with Crippen LogP contribution in [0, 0.1) is 0 Å². The van der Waals surface area contributed by atoms with Crippen molar-refractivity contribution in [2.24, 2.45) is 4.99 Å². The van der Waals surface area contributed by atoms with Crippen molar-refractivity contribution in [1.29, 1.82) is 0 Å². The van der Waals surface area contributed by atoms with Crippen LogP contribution in [-0.2, 0) is 20.0 Å². The molecule has 1 N–H and O–H groups in total. The molecule has 166 valence electrons. The van der Waals surface area contributed by atoms with Crippen LogP contribution in [0.5, 0.6) is 11.5 Å². The van der Waals surface area contributed by atoms with E-state index in [4.69, 9.17) is 14.2 Å². The number of benzene rings is 1. The van der Waals surface area contributed by atoms with Crippen LogP contribution in [-0.4, -0.2) is 76.5 Å². The van der Waals surface area contributed by atoms with Crippen molar-refractivity contribution in [3.05, 3.63) is 23.8 Å². The molecule has 3 aliphatic heterocycles. The number of rotatable bonds is 3. The van der Waals surface area contributed by atoms with Crippen molar-refractivity contribution in [3.8, 4) is 11.5 Å². The van der Waals surface area contributed by atoms with Crippen molar-refractivity contribution in [2.75, 3.05) is 52.4 Å². The van der Waals surface area contributed by atoms with E-state index in [0.717, 1.165) is 30.3 Å². The van der Waals surface area contributed by atoms with Crippen LogP contribution in [0.25, 0.3) is 0 Å². The van der Waals surface area contributed by atoms with Gasteiger partial charge in [0.25, 0.3) is 0 Å². The molecule has 4 rings (SSSR count). The summed E-state index contributed by atoms with van der Waals surface area (Å²) in [6, 6.07) is 6.16. The first-order valence-electron chi connectivity index (χ1n) is 10.4. The molecule has 0 aromatic heterocycles. The Morgan fingerprint density at radius 3 is 2.63 bits per heavy atom. The summed E-state index contributed by atoms with van der Waals surface area (Å²) in [6.07, 6.45) is 1.77. The summed E-state index contributed by atoms with van der Waals surface area (Å²) in [5.74, 6) is 2.44. The second kappa shape index (κ2) is 7.92.